The average molecular weight is 155 g/mol. The van der Waals surface area contributed by atoms with Crippen LogP contribution in [-0.4, -0.2) is 13.3 Å². The highest BCUT2D eigenvalue weighted by atomic mass is 32.2. The van der Waals surface area contributed by atoms with Gasteiger partial charge in [-0.25, -0.2) is 0 Å². The van der Waals surface area contributed by atoms with Crippen LogP contribution in [0.4, 0.5) is 0 Å². The second kappa shape index (κ2) is 2.84. The molecule has 53 valence electrons. The Kier molecular flexibility index (Phi) is 2.06. The van der Waals surface area contributed by atoms with Crippen LogP contribution in [0, 0.1) is 6.08 Å². The summed E-state index contributed by atoms with van der Waals surface area (Å²) in [5, 5.41) is 0. The van der Waals surface area contributed by atoms with Crippen LogP contribution in [0.3, 0.4) is 0 Å². The molecule has 0 aliphatic heterocycles. The van der Waals surface area contributed by atoms with Gasteiger partial charge in [-0.2, -0.15) is 8.42 Å². The Bertz CT molecular complexity index is 310. The monoisotopic (exact) mass is 155 g/mol. The second-order valence-corrected chi connectivity index (χ2v) is 3.00. The van der Waals surface area contributed by atoms with Gasteiger partial charge in [-0.1, -0.05) is 12.2 Å². The molecular weight excluding hydrogens is 148 g/mol. The molecule has 0 aromatic rings. The van der Waals surface area contributed by atoms with Crippen molar-refractivity contribution in [3.8, 4) is 0 Å². The molecular formula is C7H7O2S. The number of hydrogen-bond acceptors (Lipinski definition) is 2. The molecule has 0 heterocycles. The fraction of sp³-hybridized carbons (Fsp3) is 0.286. The first-order valence-electron chi connectivity index (χ1n) is 2.92. The zero-order valence-electron chi connectivity index (χ0n) is 5.59. The van der Waals surface area contributed by atoms with E-state index in [4.69, 9.17) is 0 Å². The van der Waals surface area contributed by atoms with E-state index >= 15 is 0 Å². The van der Waals surface area contributed by atoms with E-state index in [2.05, 4.69) is 6.08 Å². The van der Waals surface area contributed by atoms with Gasteiger partial charge in [-0.05, 0) is 18.6 Å². The Morgan fingerprint density at radius 2 is 2.30 bits per heavy atom. The molecule has 0 saturated heterocycles. The number of hydrogen-bond donors (Lipinski definition) is 0. The van der Waals surface area contributed by atoms with Crippen molar-refractivity contribution in [1.82, 2.24) is 0 Å². The topological polar surface area (TPSA) is 34.1 Å². The Morgan fingerprint density at radius 1 is 1.60 bits per heavy atom. The van der Waals surface area contributed by atoms with Crippen molar-refractivity contribution in [3.63, 3.8) is 0 Å². The van der Waals surface area contributed by atoms with Gasteiger partial charge in [-0.15, -0.1) is 0 Å². The predicted octanol–water partition coefficient (Wildman–Crippen LogP) is 0.747. The zero-order chi connectivity index (χ0) is 7.56. The molecule has 1 aliphatic carbocycles. The molecule has 1 rings (SSSR count). The Balaban J connectivity index is 3.19. The highest BCUT2D eigenvalue weighted by Crippen LogP contribution is 2.05. The molecule has 0 bridgehead atoms. The van der Waals surface area contributed by atoms with Gasteiger partial charge in [-0.3, -0.25) is 0 Å². The molecule has 0 aromatic heterocycles. The summed E-state index contributed by atoms with van der Waals surface area (Å²) in [6.45, 7) is 1.74. The minimum absolute atomic E-state index is 0.447. The van der Waals surface area contributed by atoms with Gasteiger partial charge in [0.1, 0.15) is 0 Å². The molecule has 0 spiro atoms. The minimum atomic E-state index is -2.07. The van der Waals surface area contributed by atoms with Gasteiger partial charge >= 0.3 is 0 Å². The summed E-state index contributed by atoms with van der Waals surface area (Å²) in [5.74, 6) is 0. The zero-order valence-corrected chi connectivity index (χ0v) is 6.40. The fourth-order valence-electron chi connectivity index (χ4n) is 0.777. The summed E-state index contributed by atoms with van der Waals surface area (Å²) in [4.78, 5) is 0.447. The van der Waals surface area contributed by atoms with Gasteiger partial charge in [0.15, 0.2) is 0 Å². The van der Waals surface area contributed by atoms with Crippen LogP contribution >= 0.6 is 0 Å². The molecule has 1 radical (unpaired) electrons. The van der Waals surface area contributed by atoms with E-state index in [1.54, 1.807) is 19.1 Å². The lowest BCUT2D eigenvalue weighted by atomic mass is 10.1. The summed E-state index contributed by atoms with van der Waals surface area (Å²) in [6, 6.07) is 0. The lowest BCUT2D eigenvalue weighted by Gasteiger charge is -2.00. The van der Waals surface area contributed by atoms with Crippen molar-refractivity contribution in [1.29, 1.82) is 0 Å². The van der Waals surface area contributed by atoms with Crippen molar-refractivity contribution < 1.29 is 8.42 Å². The van der Waals surface area contributed by atoms with Gasteiger partial charge in [0, 0.05) is 6.42 Å². The maximum Gasteiger partial charge on any atom is 0.217 e. The van der Waals surface area contributed by atoms with Gasteiger partial charge in [0.25, 0.3) is 0 Å². The van der Waals surface area contributed by atoms with E-state index in [9.17, 15) is 8.42 Å². The largest absolute Gasteiger partial charge is 0.217 e. The van der Waals surface area contributed by atoms with Gasteiger partial charge < -0.3 is 0 Å². The maximum atomic E-state index is 10.4. The highest BCUT2D eigenvalue weighted by molar-refractivity contribution is 7.73. The van der Waals surface area contributed by atoms with Crippen LogP contribution in [0.2, 0.25) is 0 Å². The summed E-state index contributed by atoms with van der Waals surface area (Å²) in [7, 11) is -2.07. The van der Waals surface area contributed by atoms with Crippen molar-refractivity contribution in [2.24, 2.45) is 0 Å². The van der Waals surface area contributed by atoms with Crippen LogP contribution in [0.15, 0.2) is 17.7 Å². The van der Waals surface area contributed by atoms with E-state index in [0.29, 0.717) is 11.3 Å². The number of allylic oxidation sites excluding steroid dienone is 4. The van der Waals surface area contributed by atoms with E-state index in [-0.39, 0.29) is 0 Å². The minimum Gasteiger partial charge on any atom is -0.184 e. The SMILES string of the molecule is CC1=[C]C=CCC1=S(=O)=O. The first kappa shape index (κ1) is 7.28. The first-order chi connectivity index (χ1) is 4.72. The van der Waals surface area contributed by atoms with Gasteiger partial charge in [0.05, 0.1) is 4.86 Å². The van der Waals surface area contributed by atoms with Crippen LogP contribution < -0.4 is 0 Å². The Morgan fingerprint density at radius 3 is 2.70 bits per heavy atom. The summed E-state index contributed by atoms with van der Waals surface area (Å²) < 4.78 is 20.9. The van der Waals surface area contributed by atoms with Gasteiger partial charge in [0.2, 0.25) is 10.3 Å². The average Bonchev–Trinajstić information content (AvgIpc) is 1.88. The van der Waals surface area contributed by atoms with E-state index < -0.39 is 10.3 Å². The summed E-state index contributed by atoms with van der Waals surface area (Å²) in [6.07, 6.45) is 6.85. The van der Waals surface area contributed by atoms with E-state index in [1.807, 2.05) is 0 Å². The third-order valence-electron chi connectivity index (χ3n) is 1.34. The predicted molar refractivity (Wildman–Crippen MR) is 40.1 cm³/mol. The smallest absolute Gasteiger partial charge is 0.184 e. The molecule has 2 nitrogen and oxygen atoms in total. The fourth-order valence-corrected chi connectivity index (χ4v) is 1.32. The summed E-state index contributed by atoms with van der Waals surface area (Å²) in [5.41, 5.74) is 0.718. The molecule has 0 saturated carbocycles. The Labute approximate surface area is 61.4 Å². The van der Waals surface area contributed by atoms with Crippen molar-refractivity contribution in [2.75, 3.05) is 0 Å². The molecule has 3 heteroatoms. The third kappa shape index (κ3) is 1.36. The molecule has 0 unspecified atom stereocenters. The van der Waals surface area contributed by atoms with Crippen molar-refractivity contribution >= 4 is 15.2 Å². The molecule has 0 amide bonds. The Hall–Kier alpha value is -0.830. The van der Waals surface area contributed by atoms with Crippen molar-refractivity contribution in [2.45, 2.75) is 13.3 Å². The van der Waals surface area contributed by atoms with Crippen LogP contribution in [0.1, 0.15) is 13.3 Å². The first-order valence-corrected chi connectivity index (χ1v) is 4.00. The highest BCUT2D eigenvalue weighted by Gasteiger charge is 2.04. The number of rotatable bonds is 0. The normalized spacial score (nSPS) is 16.9. The van der Waals surface area contributed by atoms with Crippen LogP contribution in [0.5, 0.6) is 0 Å². The lowest BCUT2D eigenvalue weighted by molar-refractivity contribution is 0.627. The third-order valence-corrected chi connectivity index (χ3v) is 2.22. The summed E-state index contributed by atoms with van der Waals surface area (Å²) >= 11 is 0. The van der Waals surface area contributed by atoms with Crippen LogP contribution in [-0.2, 0) is 10.3 Å². The van der Waals surface area contributed by atoms with Crippen molar-refractivity contribution in [3.05, 3.63) is 23.8 Å². The standard InChI is InChI=1S/C7H7O2S/c1-6-4-2-3-5-7(6)10(8)9/h2-3H,5H2,1H3. The van der Waals surface area contributed by atoms with E-state index in [1.165, 1.54) is 0 Å². The lowest BCUT2D eigenvalue weighted by Crippen LogP contribution is -2.02. The molecule has 0 N–H and O–H groups in total. The maximum absolute atomic E-state index is 10.4. The quantitative estimate of drug-likeness (QED) is 0.484. The molecule has 10 heavy (non-hydrogen) atoms. The molecule has 0 atom stereocenters. The van der Waals surface area contributed by atoms with Crippen LogP contribution in [0.25, 0.3) is 0 Å². The van der Waals surface area contributed by atoms with E-state index in [0.717, 1.165) is 5.57 Å². The molecule has 1 aliphatic rings. The second-order valence-electron chi connectivity index (χ2n) is 2.03. The molecule has 0 aromatic carbocycles. The molecule has 0 fully saturated rings.